The normalized spacial score (nSPS) is 11.0. The zero-order chi connectivity index (χ0) is 22.0. The number of hydrogen-bond donors (Lipinski definition) is 0. The Bertz CT molecular complexity index is 1190. The van der Waals surface area contributed by atoms with Gasteiger partial charge >= 0.3 is 23.1 Å². The third-order valence-corrected chi connectivity index (χ3v) is 7.85. The Kier molecular flexibility index (Phi) is 13.4. The molecule has 0 fully saturated rings. The van der Waals surface area contributed by atoms with Gasteiger partial charge in [0.1, 0.15) is 0 Å². The van der Waals surface area contributed by atoms with Crippen LogP contribution >= 0.6 is 47.1 Å². The van der Waals surface area contributed by atoms with Crippen molar-refractivity contribution in [3.63, 3.8) is 0 Å². The molecule has 0 bridgehead atoms. The molecular formula is C27H20BrMgNS4. The van der Waals surface area contributed by atoms with Gasteiger partial charge in [-0.25, -0.2) is 4.98 Å². The molecule has 0 saturated heterocycles. The summed E-state index contributed by atoms with van der Waals surface area (Å²) in [6.45, 7) is 0. The van der Waals surface area contributed by atoms with Crippen LogP contribution in [0.25, 0.3) is 10.2 Å². The summed E-state index contributed by atoms with van der Waals surface area (Å²) in [5.41, 5.74) is 2.48. The van der Waals surface area contributed by atoms with E-state index in [9.17, 15) is 0 Å². The minimum atomic E-state index is 0. The summed E-state index contributed by atoms with van der Waals surface area (Å²) in [6.07, 6.45) is 0.982. The van der Waals surface area contributed by atoms with E-state index in [-0.39, 0.29) is 40.0 Å². The van der Waals surface area contributed by atoms with Gasteiger partial charge in [-0.3, -0.25) is 0 Å². The molecule has 0 atom stereocenters. The van der Waals surface area contributed by atoms with Crippen molar-refractivity contribution in [2.24, 2.45) is 0 Å². The monoisotopic (exact) mass is 589 g/mol. The molecule has 6 rings (SSSR count). The van der Waals surface area contributed by atoms with Crippen molar-refractivity contribution in [2.75, 3.05) is 0 Å². The van der Waals surface area contributed by atoms with Gasteiger partial charge in [0.2, 0.25) is 0 Å². The molecular weight excluding hydrogens is 571 g/mol. The van der Waals surface area contributed by atoms with Crippen LogP contribution in [0.2, 0.25) is 0 Å². The fraction of sp³-hybridized carbons (Fsp3) is 0.0370. The standard InChI is InChI=1S/C13H9NS2.C8H6S2.C6H5.BrH.Mg/c1-2-6-10(7-3-1)15-13-14-11-8-4-5-9-12(11)16-13;9-8-5-6-3-1-2-4-7(6)10-8;1-2-4-6-5-3-1;;/h1-9H;1-4H,5H2;1-5H;1H;/q;;-1;;+2/p-1. The Morgan fingerprint density at radius 3 is 2.09 bits per heavy atom. The van der Waals surface area contributed by atoms with Crippen LogP contribution in [0.5, 0.6) is 0 Å². The number of halogens is 1. The van der Waals surface area contributed by atoms with Crippen LogP contribution in [0.15, 0.2) is 123 Å². The van der Waals surface area contributed by atoms with E-state index >= 15 is 0 Å². The third-order valence-electron chi connectivity index (χ3n) is 4.36. The number of thiocarbonyl (C=S) groups is 1. The van der Waals surface area contributed by atoms with Gasteiger partial charge in [0.15, 0.2) is 4.34 Å². The number of thioether (sulfide) groups is 1. The molecule has 0 N–H and O–H groups in total. The van der Waals surface area contributed by atoms with Crippen LogP contribution in [0.4, 0.5) is 0 Å². The van der Waals surface area contributed by atoms with Gasteiger partial charge in [-0.05, 0) is 35.9 Å². The fourth-order valence-electron chi connectivity index (χ4n) is 2.89. The minimum Gasteiger partial charge on any atom is -1.00 e. The van der Waals surface area contributed by atoms with E-state index in [1.807, 2.05) is 42.5 Å². The first-order valence-electron chi connectivity index (χ1n) is 10.1. The Morgan fingerprint density at radius 1 is 0.794 bits per heavy atom. The minimum absolute atomic E-state index is 0. The Labute approximate surface area is 245 Å². The zero-order valence-electron chi connectivity index (χ0n) is 18.3. The van der Waals surface area contributed by atoms with Crippen LogP contribution in [0, 0.1) is 6.07 Å². The second-order valence-corrected chi connectivity index (χ2v) is 10.9. The number of fused-ring (bicyclic) bond motifs is 2. The van der Waals surface area contributed by atoms with Crippen LogP contribution in [-0.4, -0.2) is 32.2 Å². The van der Waals surface area contributed by atoms with Gasteiger partial charge < -0.3 is 17.0 Å². The number of nitrogens with zero attached hydrogens (tertiary/aromatic N) is 1. The third kappa shape index (κ3) is 9.11. The average Bonchev–Trinajstić information content (AvgIpc) is 3.43. The Morgan fingerprint density at radius 2 is 1.44 bits per heavy atom. The molecule has 0 unspecified atom stereocenters. The molecule has 4 aromatic carbocycles. The van der Waals surface area contributed by atoms with E-state index < -0.39 is 0 Å². The summed E-state index contributed by atoms with van der Waals surface area (Å²) in [4.78, 5) is 7.17. The van der Waals surface area contributed by atoms with E-state index in [0.717, 1.165) is 20.5 Å². The summed E-state index contributed by atoms with van der Waals surface area (Å²) in [5.74, 6) is 0. The number of aromatic nitrogens is 1. The van der Waals surface area contributed by atoms with Crippen molar-refractivity contribution in [3.8, 4) is 0 Å². The number of para-hydroxylation sites is 1. The molecule has 5 aromatic rings. The molecule has 1 aliphatic heterocycles. The number of rotatable bonds is 2. The first-order chi connectivity index (χ1) is 15.8. The predicted molar refractivity (Wildman–Crippen MR) is 150 cm³/mol. The summed E-state index contributed by atoms with van der Waals surface area (Å²) in [7, 11) is 0. The summed E-state index contributed by atoms with van der Waals surface area (Å²) < 4.78 is 3.45. The van der Waals surface area contributed by atoms with Crippen LogP contribution in [0.3, 0.4) is 0 Å². The smallest absolute Gasteiger partial charge is 1.00 e. The average molecular weight is 591 g/mol. The first-order valence-corrected chi connectivity index (χ1v) is 12.9. The van der Waals surface area contributed by atoms with Gasteiger partial charge in [-0.15, -0.1) is 11.3 Å². The summed E-state index contributed by atoms with van der Waals surface area (Å²) in [6, 6.07) is 39.5. The SMILES string of the molecule is S=C1Cc2ccccc2S1.[Br-].[Mg+2].[c-]1ccccc1.c1ccc(Sc2nc3ccccc3s2)cc1. The molecule has 0 radical (unpaired) electrons. The van der Waals surface area contributed by atoms with Crippen molar-refractivity contribution in [3.05, 3.63) is 121 Å². The molecule has 0 aliphatic carbocycles. The molecule has 0 amide bonds. The maximum absolute atomic E-state index is 5.09. The quantitative estimate of drug-likeness (QED) is 0.159. The molecule has 166 valence electrons. The van der Waals surface area contributed by atoms with Gasteiger partial charge in [-0.2, -0.15) is 36.4 Å². The molecule has 1 aromatic heterocycles. The Balaban J connectivity index is 0.000000195. The van der Waals surface area contributed by atoms with Gasteiger partial charge in [-0.1, -0.05) is 84.3 Å². The van der Waals surface area contributed by atoms with Gasteiger partial charge in [0.05, 0.1) is 14.4 Å². The Hall–Kier alpha value is -1.19. The van der Waals surface area contributed by atoms with Crippen molar-refractivity contribution in [1.29, 1.82) is 0 Å². The maximum atomic E-state index is 5.09. The largest absolute Gasteiger partial charge is 2.00 e. The summed E-state index contributed by atoms with van der Waals surface area (Å²) in [5, 5.41) is 0. The molecule has 0 spiro atoms. The van der Waals surface area contributed by atoms with Crippen LogP contribution in [0.1, 0.15) is 5.56 Å². The van der Waals surface area contributed by atoms with Crippen molar-refractivity contribution >= 4 is 84.5 Å². The van der Waals surface area contributed by atoms with E-state index in [0.29, 0.717) is 0 Å². The van der Waals surface area contributed by atoms with E-state index in [2.05, 4.69) is 77.8 Å². The zero-order valence-corrected chi connectivity index (χ0v) is 24.5. The van der Waals surface area contributed by atoms with E-state index in [1.54, 1.807) is 34.9 Å². The maximum Gasteiger partial charge on any atom is 2.00 e. The topological polar surface area (TPSA) is 12.9 Å². The first kappa shape index (κ1) is 29.0. The predicted octanol–water partition coefficient (Wildman–Crippen LogP) is 5.22. The fourth-order valence-corrected chi connectivity index (χ4v) is 6.27. The van der Waals surface area contributed by atoms with Crippen molar-refractivity contribution in [2.45, 2.75) is 20.6 Å². The molecule has 0 saturated carbocycles. The van der Waals surface area contributed by atoms with Crippen molar-refractivity contribution in [1.82, 2.24) is 4.98 Å². The van der Waals surface area contributed by atoms with Gasteiger partial charge in [0, 0.05) is 16.2 Å². The van der Waals surface area contributed by atoms with E-state index in [1.165, 1.54) is 20.1 Å². The van der Waals surface area contributed by atoms with Crippen LogP contribution in [-0.2, 0) is 6.42 Å². The number of thiazole rings is 1. The number of benzene rings is 4. The second-order valence-electron chi connectivity index (χ2n) is 6.70. The molecule has 2 heterocycles. The van der Waals surface area contributed by atoms with Crippen LogP contribution < -0.4 is 17.0 Å². The molecule has 34 heavy (non-hydrogen) atoms. The summed E-state index contributed by atoms with van der Waals surface area (Å²) >= 11 is 10.3. The van der Waals surface area contributed by atoms with Gasteiger partial charge in [0.25, 0.3) is 0 Å². The van der Waals surface area contributed by atoms with E-state index in [4.69, 9.17) is 12.2 Å². The second kappa shape index (κ2) is 15.7. The van der Waals surface area contributed by atoms with Crippen molar-refractivity contribution < 1.29 is 17.0 Å². The molecule has 7 heteroatoms. The molecule has 1 aliphatic rings. The number of hydrogen-bond acceptors (Lipinski definition) is 5. The molecule has 1 nitrogen and oxygen atoms in total.